The maximum atomic E-state index is 12.0. The van der Waals surface area contributed by atoms with Crippen molar-refractivity contribution in [2.75, 3.05) is 13.6 Å². The summed E-state index contributed by atoms with van der Waals surface area (Å²) in [6.07, 6.45) is 3.09. The minimum absolute atomic E-state index is 0.0327. The van der Waals surface area contributed by atoms with E-state index in [-0.39, 0.29) is 23.9 Å². The molecule has 0 unspecified atom stereocenters. The van der Waals surface area contributed by atoms with Gasteiger partial charge in [-0.05, 0) is 32.9 Å². The summed E-state index contributed by atoms with van der Waals surface area (Å²) in [6.45, 7) is 5.72. The Bertz CT molecular complexity index is 424. The molecule has 0 bridgehead atoms. The highest BCUT2D eigenvalue weighted by Gasteiger charge is 2.18. The molecule has 1 N–H and O–H groups in total. The van der Waals surface area contributed by atoms with Crippen LogP contribution < -0.4 is 5.32 Å². The molecule has 0 spiro atoms. The van der Waals surface area contributed by atoms with Crippen LogP contribution in [0.3, 0.4) is 0 Å². The molecular weight excluding hydrogens is 230 g/mol. The lowest BCUT2D eigenvalue weighted by atomic mass is 10.1. The van der Waals surface area contributed by atoms with Crippen LogP contribution in [0.15, 0.2) is 24.5 Å². The third kappa shape index (κ3) is 4.53. The van der Waals surface area contributed by atoms with Crippen LogP contribution in [0.25, 0.3) is 0 Å². The van der Waals surface area contributed by atoms with Gasteiger partial charge in [0.05, 0.1) is 12.1 Å². The molecule has 0 fully saturated rings. The Morgan fingerprint density at radius 2 is 2.06 bits per heavy atom. The summed E-state index contributed by atoms with van der Waals surface area (Å²) < 4.78 is 0. The van der Waals surface area contributed by atoms with Crippen LogP contribution in [-0.2, 0) is 4.79 Å². The molecule has 98 valence electrons. The Hall–Kier alpha value is -1.91. The van der Waals surface area contributed by atoms with Gasteiger partial charge >= 0.3 is 0 Å². The van der Waals surface area contributed by atoms with Crippen molar-refractivity contribution in [1.29, 1.82) is 0 Å². The van der Waals surface area contributed by atoms with Gasteiger partial charge in [0, 0.05) is 25.0 Å². The molecule has 5 heteroatoms. The minimum atomic E-state index is -0.296. The maximum absolute atomic E-state index is 12.0. The fourth-order valence-electron chi connectivity index (χ4n) is 1.45. The molecule has 0 saturated heterocycles. The van der Waals surface area contributed by atoms with Gasteiger partial charge < -0.3 is 10.2 Å². The summed E-state index contributed by atoms with van der Waals surface area (Å²) in [7, 11) is 1.59. The lowest BCUT2D eigenvalue weighted by Gasteiger charge is -2.23. The van der Waals surface area contributed by atoms with Crippen molar-refractivity contribution in [3.05, 3.63) is 30.1 Å². The van der Waals surface area contributed by atoms with Crippen LogP contribution in [-0.4, -0.2) is 40.8 Å². The van der Waals surface area contributed by atoms with E-state index in [9.17, 15) is 9.59 Å². The molecule has 1 aromatic heterocycles. The molecule has 5 nitrogen and oxygen atoms in total. The third-order valence-corrected chi connectivity index (χ3v) is 2.15. The van der Waals surface area contributed by atoms with Gasteiger partial charge in [-0.1, -0.05) is 0 Å². The number of rotatable bonds is 3. The normalized spacial score (nSPS) is 10.9. The van der Waals surface area contributed by atoms with E-state index in [0.29, 0.717) is 5.56 Å². The van der Waals surface area contributed by atoms with E-state index in [2.05, 4.69) is 10.3 Å². The van der Waals surface area contributed by atoms with E-state index >= 15 is 0 Å². The zero-order valence-corrected chi connectivity index (χ0v) is 11.2. The second-order valence-electron chi connectivity index (χ2n) is 5.20. The van der Waals surface area contributed by atoms with E-state index in [1.165, 1.54) is 11.1 Å². The van der Waals surface area contributed by atoms with Gasteiger partial charge in [0.2, 0.25) is 5.91 Å². The molecule has 1 heterocycles. The molecule has 1 aromatic rings. The van der Waals surface area contributed by atoms with Crippen molar-refractivity contribution < 1.29 is 9.59 Å². The van der Waals surface area contributed by atoms with E-state index in [1.54, 1.807) is 25.4 Å². The molecule has 0 radical (unpaired) electrons. The molecule has 0 saturated carbocycles. The van der Waals surface area contributed by atoms with Crippen LogP contribution in [0.1, 0.15) is 31.1 Å². The summed E-state index contributed by atoms with van der Waals surface area (Å²) in [4.78, 5) is 28.9. The average molecular weight is 249 g/mol. The van der Waals surface area contributed by atoms with Crippen molar-refractivity contribution in [1.82, 2.24) is 15.2 Å². The van der Waals surface area contributed by atoms with Gasteiger partial charge in [0.25, 0.3) is 5.91 Å². The zero-order valence-electron chi connectivity index (χ0n) is 11.2. The first-order valence-corrected chi connectivity index (χ1v) is 5.76. The van der Waals surface area contributed by atoms with Crippen molar-refractivity contribution in [2.24, 2.45) is 0 Å². The number of likely N-dealkylation sites (N-methyl/N-ethyl adjacent to an activating group) is 1. The second-order valence-corrected chi connectivity index (χ2v) is 5.20. The van der Waals surface area contributed by atoms with Crippen LogP contribution in [0.4, 0.5) is 0 Å². The molecular formula is C13H19N3O2. The van der Waals surface area contributed by atoms with Gasteiger partial charge in [-0.25, -0.2) is 0 Å². The molecule has 1 rings (SSSR count). The largest absolute Gasteiger partial charge is 0.350 e. The molecule has 0 aliphatic carbocycles. The topological polar surface area (TPSA) is 62.3 Å². The van der Waals surface area contributed by atoms with Crippen LogP contribution in [0, 0.1) is 0 Å². The highest BCUT2D eigenvalue weighted by atomic mass is 16.2. The fourth-order valence-corrected chi connectivity index (χ4v) is 1.45. The van der Waals surface area contributed by atoms with Gasteiger partial charge in [-0.3, -0.25) is 14.6 Å². The molecule has 18 heavy (non-hydrogen) atoms. The van der Waals surface area contributed by atoms with E-state index in [0.717, 1.165) is 0 Å². The van der Waals surface area contributed by atoms with Gasteiger partial charge in [0.15, 0.2) is 0 Å². The number of carbonyl (C=O) groups is 2. The summed E-state index contributed by atoms with van der Waals surface area (Å²) in [5.74, 6) is -0.394. The number of hydrogen-bond acceptors (Lipinski definition) is 3. The number of nitrogens with zero attached hydrogens (tertiary/aromatic N) is 2. The Morgan fingerprint density at radius 1 is 1.39 bits per heavy atom. The number of aromatic nitrogens is 1. The monoisotopic (exact) mass is 249 g/mol. The Morgan fingerprint density at radius 3 is 2.56 bits per heavy atom. The first-order chi connectivity index (χ1) is 8.29. The summed E-state index contributed by atoms with van der Waals surface area (Å²) in [5, 5.41) is 2.81. The lowest BCUT2D eigenvalue weighted by Crippen LogP contribution is -2.46. The summed E-state index contributed by atoms with van der Waals surface area (Å²) in [5.41, 5.74) is 0.179. The molecule has 0 atom stereocenters. The van der Waals surface area contributed by atoms with Crippen molar-refractivity contribution >= 4 is 11.8 Å². The molecule has 0 aromatic carbocycles. The van der Waals surface area contributed by atoms with Crippen molar-refractivity contribution in [3.8, 4) is 0 Å². The van der Waals surface area contributed by atoms with E-state index in [1.807, 2.05) is 20.8 Å². The predicted octanol–water partition coefficient (Wildman–Crippen LogP) is 1.07. The standard InChI is InChI=1S/C13H19N3O2/c1-13(2,3)15-11(17)9-16(4)12(18)10-6-5-7-14-8-10/h5-8H,9H2,1-4H3,(H,15,17). The highest BCUT2D eigenvalue weighted by molar-refractivity contribution is 5.96. The SMILES string of the molecule is CN(CC(=O)NC(C)(C)C)C(=O)c1cccnc1. The van der Waals surface area contributed by atoms with Crippen molar-refractivity contribution in [3.63, 3.8) is 0 Å². The quantitative estimate of drug-likeness (QED) is 0.871. The van der Waals surface area contributed by atoms with Crippen LogP contribution in [0.5, 0.6) is 0 Å². The average Bonchev–Trinajstić information content (AvgIpc) is 2.26. The Balaban J connectivity index is 2.59. The summed E-state index contributed by atoms with van der Waals surface area (Å²) >= 11 is 0. The van der Waals surface area contributed by atoms with Gasteiger partial charge in [-0.15, -0.1) is 0 Å². The molecule has 2 amide bonds. The lowest BCUT2D eigenvalue weighted by molar-refractivity contribution is -0.122. The van der Waals surface area contributed by atoms with Crippen LogP contribution >= 0.6 is 0 Å². The van der Waals surface area contributed by atoms with Crippen LogP contribution in [0.2, 0.25) is 0 Å². The predicted molar refractivity (Wildman–Crippen MR) is 69.1 cm³/mol. The highest BCUT2D eigenvalue weighted by Crippen LogP contribution is 2.02. The maximum Gasteiger partial charge on any atom is 0.255 e. The van der Waals surface area contributed by atoms with Gasteiger partial charge in [0.1, 0.15) is 0 Å². The zero-order chi connectivity index (χ0) is 13.8. The summed E-state index contributed by atoms with van der Waals surface area (Å²) in [6, 6.07) is 3.36. The number of carbonyl (C=O) groups excluding carboxylic acids is 2. The number of pyridine rings is 1. The molecule has 0 aliphatic rings. The van der Waals surface area contributed by atoms with E-state index < -0.39 is 0 Å². The minimum Gasteiger partial charge on any atom is -0.350 e. The fraction of sp³-hybridized carbons (Fsp3) is 0.462. The Kier molecular flexibility index (Phi) is 4.42. The van der Waals surface area contributed by atoms with Gasteiger partial charge in [-0.2, -0.15) is 0 Å². The first kappa shape index (κ1) is 14.2. The Labute approximate surface area is 107 Å². The first-order valence-electron chi connectivity index (χ1n) is 5.76. The number of hydrogen-bond donors (Lipinski definition) is 1. The number of amides is 2. The third-order valence-electron chi connectivity index (χ3n) is 2.15. The van der Waals surface area contributed by atoms with E-state index in [4.69, 9.17) is 0 Å². The second kappa shape index (κ2) is 5.62. The van der Waals surface area contributed by atoms with Crippen molar-refractivity contribution in [2.45, 2.75) is 26.3 Å². The number of nitrogens with one attached hydrogen (secondary N) is 1. The smallest absolute Gasteiger partial charge is 0.255 e. The molecule has 0 aliphatic heterocycles.